The molecule has 0 unspecified atom stereocenters. The molecule has 0 atom stereocenters. The lowest BCUT2D eigenvalue weighted by atomic mass is 10.1. The molecule has 2 aliphatic heterocycles. The van der Waals surface area contributed by atoms with Crippen LogP contribution >= 0.6 is 11.3 Å². The summed E-state index contributed by atoms with van der Waals surface area (Å²) in [5, 5.41) is 3.09. The monoisotopic (exact) mass is 359 g/mol. The van der Waals surface area contributed by atoms with E-state index >= 15 is 0 Å². The van der Waals surface area contributed by atoms with Crippen LogP contribution in [-0.4, -0.2) is 55.4 Å². The molecule has 8 heteroatoms. The van der Waals surface area contributed by atoms with Gasteiger partial charge in [0.05, 0.1) is 0 Å². The summed E-state index contributed by atoms with van der Waals surface area (Å²) in [7, 11) is 0. The van der Waals surface area contributed by atoms with Gasteiger partial charge in [-0.15, -0.1) is 11.3 Å². The van der Waals surface area contributed by atoms with Gasteiger partial charge in [0, 0.05) is 44.3 Å². The van der Waals surface area contributed by atoms with E-state index in [-0.39, 0.29) is 0 Å². The molecule has 25 heavy (non-hydrogen) atoms. The molecule has 0 spiro atoms. The molecule has 2 aromatic rings. The molecule has 0 aliphatic carbocycles. The molecule has 0 amide bonds. The first kappa shape index (κ1) is 16.0. The van der Waals surface area contributed by atoms with Crippen molar-refractivity contribution >= 4 is 22.4 Å². The third-order valence-corrected chi connectivity index (χ3v) is 5.24. The number of benzene rings is 1. The van der Waals surface area contributed by atoms with E-state index in [4.69, 9.17) is 15.2 Å². The molecule has 1 saturated heterocycles. The molecule has 0 radical (unpaired) electrons. The van der Waals surface area contributed by atoms with Gasteiger partial charge in [-0.25, -0.2) is 4.98 Å². The number of guanidine groups is 1. The number of nitrogens with zero attached hydrogens (tertiary/aromatic N) is 4. The van der Waals surface area contributed by atoms with Crippen molar-refractivity contribution in [1.82, 2.24) is 9.88 Å². The second kappa shape index (κ2) is 7.18. The largest absolute Gasteiger partial charge is 0.454 e. The first-order chi connectivity index (χ1) is 12.3. The minimum Gasteiger partial charge on any atom is -0.454 e. The van der Waals surface area contributed by atoms with Crippen LogP contribution in [0.1, 0.15) is 5.56 Å². The van der Waals surface area contributed by atoms with E-state index in [1.807, 2.05) is 29.8 Å². The van der Waals surface area contributed by atoms with Crippen molar-refractivity contribution < 1.29 is 9.47 Å². The predicted molar refractivity (Wildman–Crippen MR) is 98.7 cm³/mol. The molecule has 132 valence electrons. The van der Waals surface area contributed by atoms with Crippen LogP contribution in [0.3, 0.4) is 0 Å². The summed E-state index contributed by atoms with van der Waals surface area (Å²) in [4.78, 5) is 13.3. The van der Waals surface area contributed by atoms with Crippen LogP contribution in [0.5, 0.6) is 11.5 Å². The summed E-state index contributed by atoms with van der Waals surface area (Å²) in [6.07, 6.45) is 2.68. The second-order valence-corrected chi connectivity index (χ2v) is 6.84. The quantitative estimate of drug-likeness (QED) is 0.659. The number of aliphatic imine (C=N–C) groups is 1. The lowest BCUT2D eigenvalue weighted by Crippen LogP contribution is -2.51. The van der Waals surface area contributed by atoms with E-state index in [2.05, 4.69) is 19.8 Å². The Morgan fingerprint density at radius 2 is 2.04 bits per heavy atom. The molecule has 2 aliphatic rings. The topological polar surface area (TPSA) is 76.2 Å². The Labute approximate surface area is 150 Å². The Morgan fingerprint density at radius 3 is 2.84 bits per heavy atom. The number of rotatable bonds is 4. The van der Waals surface area contributed by atoms with Gasteiger partial charge in [0.15, 0.2) is 22.6 Å². The van der Waals surface area contributed by atoms with Crippen molar-refractivity contribution in [3.05, 3.63) is 35.3 Å². The maximum absolute atomic E-state index is 6.17. The van der Waals surface area contributed by atoms with Crippen LogP contribution in [0.4, 0.5) is 5.13 Å². The number of anilines is 1. The van der Waals surface area contributed by atoms with E-state index in [0.29, 0.717) is 19.3 Å². The Kier molecular flexibility index (Phi) is 4.60. The maximum Gasteiger partial charge on any atom is 0.231 e. The van der Waals surface area contributed by atoms with E-state index < -0.39 is 0 Å². The smallest absolute Gasteiger partial charge is 0.231 e. The first-order valence-corrected chi connectivity index (χ1v) is 9.25. The Hall–Kier alpha value is -2.48. The number of ether oxygens (including phenoxy) is 2. The van der Waals surface area contributed by atoms with Gasteiger partial charge < -0.3 is 25.0 Å². The summed E-state index contributed by atoms with van der Waals surface area (Å²) in [5.74, 6) is 2.25. The number of aromatic nitrogens is 1. The van der Waals surface area contributed by atoms with E-state index in [1.54, 1.807) is 11.3 Å². The molecule has 3 heterocycles. The highest BCUT2D eigenvalue weighted by Crippen LogP contribution is 2.32. The van der Waals surface area contributed by atoms with Gasteiger partial charge in [0.25, 0.3) is 0 Å². The minimum absolute atomic E-state index is 0.302. The van der Waals surface area contributed by atoms with Gasteiger partial charge in [-0.3, -0.25) is 4.99 Å². The van der Waals surface area contributed by atoms with Crippen LogP contribution in [-0.2, 0) is 6.42 Å². The third kappa shape index (κ3) is 3.63. The molecule has 1 fully saturated rings. The van der Waals surface area contributed by atoms with Gasteiger partial charge >= 0.3 is 0 Å². The molecular formula is C17H21N5O2S. The number of piperazine rings is 1. The van der Waals surface area contributed by atoms with Gasteiger partial charge in [0.1, 0.15) is 0 Å². The van der Waals surface area contributed by atoms with Crippen molar-refractivity contribution in [2.75, 3.05) is 44.4 Å². The zero-order chi connectivity index (χ0) is 17.1. The van der Waals surface area contributed by atoms with Gasteiger partial charge in [-0.1, -0.05) is 6.07 Å². The fraction of sp³-hybridized carbons (Fsp3) is 0.412. The van der Waals surface area contributed by atoms with Gasteiger partial charge in [0.2, 0.25) is 6.79 Å². The number of hydrogen-bond acceptors (Lipinski definition) is 6. The van der Waals surface area contributed by atoms with E-state index in [9.17, 15) is 0 Å². The van der Waals surface area contributed by atoms with Gasteiger partial charge in [-0.05, 0) is 24.1 Å². The first-order valence-electron chi connectivity index (χ1n) is 8.37. The molecule has 7 nitrogen and oxygen atoms in total. The number of nitrogens with two attached hydrogens (primary N) is 1. The SMILES string of the molecule is NC(=NCCc1ccc2c(c1)OCO2)N1CCN(c2nccs2)CC1. The number of thiazole rings is 1. The summed E-state index contributed by atoms with van der Waals surface area (Å²) in [5.41, 5.74) is 7.34. The molecule has 0 saturated carbocycles. The molecule has 4 rings (SSSR count). The summed E-state index contributed by atoms with van der Waals surface area (Å²) in [6.45, 7) is 4.56. The summed E-state index contributed by atoms with van der Waals surface area (Å²) < 4.78 is 10.7. The zero-order valence-electron chi connectivity index (χ0n) is 13.9. The molecule has 2 N–H and O–H groups in total. The van der Waals surface area contributed by atoms with Crippen LogP contribution in [0.25, 0.3) is 0 Å². The fourth-order valence-corrected chi connectivity index (χ4v) is 3.69. The van der Waals surface area contributed by atoms with Crippen LogP contribution in [0.2, 0.25) is 0 Å². The highest BCUT2D eigenvalue weighted by molar-refractivity contribution is 7.13. The van der Waals surface area contributed by atoms with Crippen molar-refractivity contribution in [1.29, 1.82) is 0 Å². The van der Waals surface area contributed by atoms with Gasteiger partial charge in [-0.2, -0.15) is 0 Å². The highest BCUT2D eigenvalue weighted by Gasteiger charge is 2.19. The third-order valence-electron chi connectivity index (χ3n) is 4.40. The highest BCUT2D eigenvalue weighted by atomic mass is 32.1. The molecule has 0 bridgehead atoms. The molecular weight excluding hydrogens is 338 g/mol. The van der Waals surface area contributed by atoms with Crippen molar-refractivity contribution in [3.8, 4) is 11.5 Å². The van der Waals surface area contributed by atoms with Crippen molar-refractivity contribution in [2.45, 2.75) is 6.42 Å². The average molecular weight is 359 g/mol. The van der Waals surface area contributed by atoms with Crippen LogP contribution < -0.4 is 20.1 Å². The van der Waals surface area contributed by atoms with Crippen LogP contribution in [0, 0.1) is 0 Å². The standard InChI is InChI=1S/C17H21N5O2S/c18-16(21-6-8-22(9-7-21)17-20-5-10-25-17)19-4-3-13-1-2-14-15(11-13)24-12-23-14/h1-2,5,10-11H,3-4,6-9,12H2,(H2,18,19). The maximum atomic E-state index is 6.17. The molecule has 1 aromatic carbocycles. The van der Waals surface area contributed by atoms with E-state index in [0.717, 1.165) is 49.2 Å². The average Bonchev–Trinajstić information content (AvgIpc) is 3.33. The zero-order valence-corrected chi connectivity index (χ0v) is 14.7. The lowest BCUT2D eigenvalue weighted by Gasteiger charge is -2.35. The lowest BCUT2D eigenvalue weighted by molar-refractivity contribution is 0.174. The van der Waals surface area contributed by atoms with Crippen molar-refractivity contribution in [3.63, 3.8) is 0 Å². The Bertz CT molecular complexity index is 742. The van der Waals surface area contributed by atoms with E-state index in [1.165, 1.54) is 5.56 Å². The summed E-state index contributed by atoms with van der Waals surface area (Å²) in [6, 6.07) is 6.01. The fourth-order valence-electron chi connectivity index (χ4n) is 2.99. The normalized spacial score (nSPS) is 17.2. The number of fused-ring (bicyclic) bond motifs is 1. The Balaban J connectivity index is 1.27. The van der Waals surface area contributed by atoms with Crippen LogP contribution in [0.15, 0.2) is 34.8 Å². The summed E-state index contributed by atoms with van der Waals surface area (Å²) >= 11 is 1.67. The number of hydrogen-bond donors (Lipinski definition) is 1. The minimum atomic E-state index is 0.302. The Morgan fingerprint density at radius 1 is 1.20 bits per heavy atom. The second-order valence-electron chi connectivity index (χ2n) is 5.97. The molecule has 1 aromatic heterocycles. The van der Waals surface area contributed by atoms with Crippen molar-refractivity contribution in [2.24, 2.45) is 10.7 Å². The predicted octanol–water partition coefficient (Wildman–Crippen LogP) is 1.55.